The van der Waals surface area contributed by atoms with E-state index in [1.807, 2.05) is 0 Å². The van der Waals surface area contributed by atoms with E-state index in [0.29, 0.717) is 6.04 Å². The van der Waals surface area contributed by atoms with Crippen molar-refractivity contribution in [2.24, 2.45) is 0 Å². The van der Waals surface area contributed by atoms with Crippen molar-refractivity contribution in [3.63, 3.8) is 0 Å². The van der Waals surface area contributed by atoms with E-state index < -0.39 is 0 Å². The van der Waals surface area contributed by atoms with Crippen molar-refractivity contribution < 1.29 is 0 Å². The topological polar surface area (TPSA) is 6.48 Å². The summed E-state index contributed by atoms with van der Waals surface area (Å²) in [6.45, 7) is 16.0. The number of rotatable bonds is 6. The minimum Gasteiger partial charge on any atom is -0.242 e. The lowest BCUT2D eigenvalue weighted by atomic mass is 10.2. The fraction of sp³-hybridized carbons (Fsp3) is 0.900. The van der Waals surface area contributed by atoms with E-state index in [4.69, 9.17) is 0 Å². The Morgan fingerprint density at radius 3 is 1.83 bits per heavy atom. The molecule has 2 nitrogen and oxygen atoms in total. The van der Waals surface area contributed by atoms with Crippen LogP contribution in [0.3, 0.4) is 0 Å². The molecule has 0 N–H and O–H groups in total. The molecular weight excluding hydrogens is 148 g/mol. The Balaban J connectivity index is 4.09. The van der Waals surface area contributed by atoms with Gasteiger partial charge in [-0.1, -0.05) is 27.7 Å². The first-order valence-electron chi connectivity index (χ1n) is 5.01. The smallest absolute Gasteiger partial charge is 0.0217 e. The largest absolute Gasteiger partial charge is 0.242 e. The molecule has 0 spiro atoms. The first-order valence-corrected chi connectivity index (χ1v) is 5.01. The first-order chi connectivity index (χ1) is 5.71. The van der Waals surface area contributed by atoms with Gasteiger partial charge in [0.1, 0.15) is 0 Å². The molecule has 1 atom stereocenters. The minimum atomic E-state index is 0.565. The Bertz CT molecular complexity index is 100. The predicted molar refractivity (Wildman–Crippen MR) is 54.7 cm³/mol. The molecule has 0 aliphatic heterocycles. The van der Waals surface area contributed by atoms with Gasteiger partial charge in [-0.25, -0.2) is 10.0 Å². The van der Waals surface area contributed by atoms with E-state index in [-0.39, 0.29) is 0 Å². The third-order valence-corrected chi connectivity index (χ3v) is 2.34. The van der Waals surface area contributed by atoms with Gasteiger partial charge in [0.15, 0.2) is 0 Å². The van der Waals surface area contributed by atoms with E-state index in [2.05, 4.69) is 44.6 Å². The highest BCUT2D eigenvalue weighted by molar-refractivity contribution is 4.64. The molecule has 0 aromatic rings. The van der Waals surface area contributed by atoms with Gasteiger partial charge in [-0.3, -0.25) is 0 Å². The number of hydrogen-bond acceptors (Lipinski definition) is 2. The lowest BCUT2D eigenvalue weighted by molar-refractivity contribution is -0.0430. The van der Waals surface area contributed by atoms with Crippen molar-refractivity contribution in [2.75, 3.05) is 19.6 Å². The summed E-state index contributed by atoms with van der Waals surface area (Å²) in [6, 6.07) is 0.565. The van der Waals surface area contributed by atoms with E-state index in [1.165, 1.54) is 0 Å². The van der Waals surface area contributed by atoms with Crippen LogP contribution in [0.5, 0.6) is 0 Å². The molecule has 0 aliphatic carbocycles. The second kappa shape index (κ2) is 6.44. The van der Waals surface area contributed by atoms with Crippen LogP contribution in [0.4, 0.5) is 0 Å². The molecule has 0 aromatic heterocycles. The van der Waals surface area contributed by atoms with Gasteiger partial charge in [0, 0.05) is 25.7 Å². The third kappa shape index (κ3) is 3.11. The molecule has 73 valence electrons. The first kappa shape index (κ1) is 11.9. The molecule has 0 amide bonds. The zero-order chi connectivity index (χ0) is 9.56. The highest BCUT2D eigenvalue weighted by Gasteiger charge is 2.14. The van der Waals surface area contributed by atoms with Crippen LogP contribution in [0.25, 0.3) is 0 Å². The second-order valence-electron chi connectivity index (χ2n) is 3.03. The zero-order valence-electron chi connectivity index (χ0n) is 9.01. The summed E-state index contributed by atoms with van der Waals surface area (Å²) in [6.07, 6.45) is 0.977. The fourth-order valence-electron chi connectivity index (χ4n) is 1.53. The fourth-order valence-corrected chi connectivity index (χ4v) is 1.53. The van der Waals surface area contributed by atoms with Crippen molar-refractivity contribution in [2.45, 2.75) is 40.2 Å². The van der Waals surface area contributed by atoms with Crippen LogP contribution in [0.15, 0.2) is 0 Å². The SMILES string of the molecule is [CH2]CC(C)N(CC)N(CC)CC. The standard InChI is InChI=1S/C10H23N2/c1-6-10(5)12(9-4)11(7-2)8-3/h10H,1,6-9H2,2-5H3. The molecule has 0 saturated carbocycles. The van der Waals surface area contributed by atoms with E-state index in [0.717, 1.165) is 26.1 Å². The summed E-state index contributed by atoms with van der Waals surface area (Å²) in [5.41, 5.74) is 0. The number of hydrazine groups is 1. The van der Waals surface area contributed by atoms with Crippen molar-refractivity contribution in [3.8, 4) is 0 Å². The molecule has 0 bridgehead atoms. The second-order valence-corrected chi connectivity index (χ2v) is 3.03. The lowest BCUT2D eigenvalue weighted by Gasteiger charge is -2.36. The van der Waals surface area contributed by atoms with E-state index >= 15 is 0 Å². The van der Waals surface area contributed by atoms with Crippen molar-refractivity contribution >= 4 is 0 Å². The van der Waals surface area contributed by atoms with Crippen LogP contribution in [0, 0.1) is 6.92 Å². The van der Waals surface area contributed by atoms with Gasteiger partial charge < -0.3 is 0 Å². The van der Waals surface area contributed by atoms with Crippen LogP contribution in [0.2, 0.25) is 0 Å². The molecule has 1 radical (unpaired) electrons. The molecule has 0 aromatic carbocycles. The zero-order valence-corrected chi connectivity index (χ0v) is 9.01. The maximum Gasteiger partial charge on any atom is 0.0217 e. The monoisotopic (exact) mass is 171 g/mol. The molecule has 0 aliphatic rings. The highest BCUT2D eigenvalue weighted by Crippen LogP contribution is 2.06. The van der Waals surface area contributed by atoms with Crippen LogP contribution < -0.4 is 0 Å². The molecule has 0 rings (SSSR count). The molecule has 2 heteroatoms. The maximum absolute atomic E-state index is 3.94. The molecule has 0 heterocycles. The maximum atomic E-state index is 3.94. The number of nitrogens with zero attached hydrogens (tertiary/aromatic N) is 2. The Morgan fingerprint density at radius 2 is 1.58 bits per heavy atom. The minimum absolute atomic E-state index is 0.565. The van der Waals surface area contributed by atoms with Crippen molar-refractivity contribution in [1.82, 2.24) is 10.0 Å². The van der Waals surface area contributed by atoms with Crippen LogP contribution >= 0.6 is 0 Å². The molecule has 0 saturated heterocycles. The van der Waals surface area contributed by atoms with Gasteiger partial charge in [-0.15, -0.1) is 0 Å². The van der Waals surface area contributed by atoms with Crippen LogP contribution in [-0.2, 0) is 0 Å². The average Bonchev–Trinajstić information content (AvgIpc) is 2.12. The molecule has 0 fully saturated rings. The molecule has 1 unspecified atom stereocenters. The molecule has 12 heavy (non-hydrogen) atoms. The van der Waals surface area contributed by atoms with Crippen molar-refractivity contribution in [1.29, 1.82) is 0 Å². The predicted octanol–water partition coefficient (Wildman–Crippen LogP) is 2.18. The quantitative estimate of drug-likeness (QED) is 0.565. The normalized spacial score (nSPS) is 14.2. The lowest BCUT2D eigenvalue weighted by Crippen LogP contribution is -2.47. The Labute approximate surface area is 77.5 Å². The van der Waals surface area contributed by atoms with Gasteiger partial charge in [-0.2, -0.15) is 0 Å². The number of hydrogen-bond donors (Lipinski definition) is 0. The summed E-state index contributed by atoms with van der Waals surface area (Å²) in [5.74, 6) is 0. The average molecular weight is 171 g/mol. The van der Waals surface area contributed by atoms with Gasteiger partial charge in [0.25, 0.3) is 0 Å². The summed E-state index contributed by atoms with van der Waals surface area (Å²) >= 11 is 0. The summed E-state index contributed by atoms with van der Waals surface area (Å²) in [4.78, 5) is 0. The summed E-state index contributed by atoms with van der Waals surface area (Å²) < 4.78 is 0. The van der Waals surface area contributed by atoms with Gasteiger partial charge in [-0.05, 0) is 13.3 Å². The van der Waals surface area contributed by atoms with Crippen LogP contribution in [0.1, 0.15) is 34.1 Å². The van der Waals surface area contributed by atoms with E-state index in [9.17, 15) is 0 Å². The Kier molecular flexibility index (Phi) is 6.39. The van der Waals surface area contributed by atoms with Crippen molar-refractivity contribution in [3.05, 3.63) is 6.92 Å². The third-order valence-electron chi connectivity index (χ3n) is 2.34. The van der Waals surface area contributed by atoms with Gasteiger partial charge in [0.05, 0.1) is 0 Å². The van der Waals surface area contributed by atoms with Gasteiger partial charge >= 0.3 is 0 Å². The van der Waals surface area contributed by atoms with Gasteiger partial charge in [0.2, 0.25) is 0 Å². The highest BCUT2D eigenvalue weighted by atomic mass is 15.6. The van der Waals surface area contributed by atoms with Crippen LogP contribution in [-0.4, -0.2) is 35.7 Å². The summed E-state index contributed by atoms with van der Waals surface area (Å²) in [5, 5.41) is 4.77. The Morgan fingerprint density at radius 1 is 1.08 bits per heavy atom. The summed E-state index contributed by atoms with van der Waals surface area (Å²) in [7, 11) is 0. The molecular formula is C10H23N2. The Hall–Kier alpha value is -0.0800. The van der Waals surface area contributed by atoms with E-state index in [1.54, 1.807) is 0 Å².